The number of rotatable bonds is 5. The summed E-state index contributed by atoms with van der Waals surface area (Å²) in [4.78, 5) is 13.4. The van der Waals surface area contributed by atoms with Gasteiger partial charge in [-0.05, 0) is 53.8 Å². The first-order valence-electron chi connectivity index (χ1n) is 10.5. The van der Waals surface area contributed by atoms with Crippen LogP contribution in [0.3, 0.4) is 0 Å². The fraction of sp³-hybridized carbons (Fsp3) is 0.348. The third kappa shape index (κ3) is 5.56. The minimum atomic E-state index is -3.30. The van der Waals surface area contributed by atoms with E-state index in [0.29, 0.717) is 41.9 Å². The van der Waals surface area contributed by atoms with Gasteiger partial charge in [0.2, 0.25) is 5.91 Å². The molecule has 178 valence electrons. The van der Waals surface area contributed by atoms with Gasteiger partial charge in [-0.3, -0.25) is 4.79 Å². The molecule has 1 unspecified atom stereocenters. The summed E-state index contributed by atoms with van der Waals surface area (Å²) in [6, 6.07) is 7.74. The fourth-order valence-corrected chi connectivity index (χ4v) is 5.72. The van der Waals surface area contributed by atoms with Crippen molar-refractivity contribution < 1.29 is 17.9 Å². The van der Waals surface area contributed by atoms with Gasteiger partial charge in [0, 0.05) is 17.8 Å². The van der Waals surface area contributed by atoms with E-state index in [-0.39, 0.29) is 29.0 Å². The average molecular weight is 532 g/mol. The number of fused-ring (bicyclic) bond motifs is 1. The maximum Gasteiger partial charge on any atom is 0.246 e. The molecule has 2 aromatic rings. The van der Waals surface area contributed by atoms with Gasteiger partial charge in [-0.1, -0.05) is 42.3 Å². The third-order valence-corrected chi connectivity index (χ3v) is 8.09. The second-order valence-corrected chi connectivity index (χ2v) is 10.9. The molecular formula is C23H25Cl3N2O4S. The summed E-state index contributed by atoms with van der Waals surface area (Å²) in [6.45, 7) is 3.32. The van der Waals surface area contributed by atoms with Gasteiger partial charge in [0.15, 0.2) is 9.84 Å². The van der Waals surface area contributed by atoms with Crippen molar-refractivity contribution >= 4 is 62.6 Å². The van der Waals surface area contributed by atoms with Crippen LogP contribution in [0.25, 0.3) is 5.57 Å². The lowest BCUT2D eigenvalue weighted by atomic mass is 9.94. The molecule has 6 nitrogen and oxygen atoms in total. The number of halogens is 3. The number of sulfone groups is 1. The van der Waals surface area contributed by atoms with E-state index < -0.39 is 15.9 Å². The van der Waals surface area contributed by atoms with Crippen LogP contribution in [0.4, 0.5) is 5.69 Å². The van der Waals surface area contributed by atoms with Gasteiger partial charge in [0.05, 0.1) is 33.9 Å². The van der Waals surface area contributed by atoms with Crippen LogP contribution in [-0.2, 0) is 25.8 Å². The number of anilines is 1. The summed E-state index contributed by atoms with van der Waals surface area (Å²) in [5.74, 6) is -0.225. The zero-order valence-corrected chi connectivity index (χ0v) is 21.1. The minimum absolute atomic E-state index is 0. The molecular weight excluding hydrogens is 507 g/mol. The number of amides is 1. The zero-order chi connectivity index (χ0) is 22.9. The predicted molar refractivity (Wildman–Crippen MR) is 134 cm³/mol. The van der Waals surface area contributed by atoms with E-state index in [4.69, 9.17) is 27.9 Å². The number of hydrogen-bond acceptors (Lipinski definition) is 5. The van der Waals surface area contributed by atoms with Crippen LogP contribution in [0.1, 0.15) is 36.1 Å². The van der Waals surface area contributed by atoms with Gasteiger partial charge in [-0.25, -0.2) is 8.42 Å². The lowest BCUT2D eigenvalue weighted by Crippen LogP contribution is -2.38. The molecule has 0 aliphatic carbocycles. The standard InChI is InChI=1S/C23H24Cl2N2O4S.ClH/c1-2-32(29,30)17-3-4-18-15(11-17)5-8-26-22(18)23(28)27-16-12-19(24)21(20(25)13-16)14-6-9-31-10-7-14;/h3-4,6,11-13,22,26H,2,5,7-10H2,1H3,(H,27,28);1H. The maximum atomic E-state index is 13.1. The first-order valence-corrected chi connectivity index (χ1v) is 12.9. The second kappa shape index (κ2) is 10.8. The molecule has 2 heterocycles. The Morgan fingerprint density at radius 1 is 1.18 bits per heavy atom. The first-order chi connectivity index (χ1) is 15.3. The third-order valence-electron chi connectivity index (χ3n) is 5.76. The Kier molecular flexibility index (Phi) is 8.48. The molecule has 2 aliphatic rings. The molecule has 0 aromatic heterocycles. The molecule has 0 bridgehead atoms. The van der Waals surface area contributed by atoms with Crippen LogP contribution >= 0.6 is 35.6 Å². The highest BCUT2D eigenvalue weighted by Gasteiger charge is 2.28. The minimum Gasteiger partial charge on any atom is -0.377 e. The molecule has 2 aliphatic heterocycles. The Labute approximate surface area is 210 Å². The van der Waals surface area contributed by atoms with Crippen LogP contribution in [0.15, 0.2) is 41.3 Å². The van der Waals surface area contributed by atoms with E-state index in [1.54, 1.807) is 37.3 Å². The van der Waals surface area contributed by atoms with Crippen molar-refractivity contribution in [1.29, 1.82) is 0 Å². The smallest absolute Gasteiger partial charge is 0.246 e. The first kappa shape index (κ1) is 26.0. The second-order valence-electron chi connectivity index (χ2n) is 7.76. The number of carbonyl (C=O) groups is 1. The van der Waals surface area contributed by atoms with Crippen molar-refractivity contribution in [3.8, 4) is 0 Å². The Morgan fingerprint density at radius 2 is 1.91 bits per heavy atom. The SMILES string of the molecule is CCS(=O)(=O)c1ccc2c(c1)CCNC2C(=O)Nc1cc(Cl)c(C2=CCOCC2)c(Cl)c1.Cl. The normalized spacial score (nSPS) is 18.0. The highest BCUT2D eigenvalue weighted by Crippen LogP contribution is 2.37. The quantitative estimate of drug-likeness (QED) is 0.577. The molecule has 2 aromatic carbocycles. The van der Waals surface area contributed by atoms with Crippen LogP contribution in [0.5, 0.6) is 0 Å². The van der Waals surface area contributed by atoms with Crippen LogP contribution < -0.4 is 10.6 Å². The van der Waals surface area contributed by atoms with E-state index >= 15 is 0 Å². The molecule has 1 atom stereocenters. The Balaban J connectivity index is 0.00000306. The molecule has 0 radical (unpaired) electrons. The topological polar surface area (TPSA) is 84.5 Å². The van der Waals surface area contributed by atoms with Crippen LogP contribution in [0.2, 0.25) is 10.0 Å². The zero-order valence-electron chi connectivity index (χ0n) is 18.0. The summed E-state index contributed by atoms with van der Waals surface area (Å²) >= 11 is 13.0. The number of carbonyl (C=O) groups excluding carboxylic acids is 1. The molecule has 2 N–H and O–H groups in total. The van der Waals surface area contributed by atoms with Crippen LogP contribution in [-0.4, -0.2) is 39.8 Å². The average Bonchev–Trinajstić information content (AvgIpc) is 2.78. The highest BCUT2D eigenvalue weighted by molar-refractivity contribution is 7.91. The lowest BCUT2D eigenvalue weighted by molar-refractivity contribution is -0.118. The molecule has 0 saturated heterocycles. The van der Waals surface area contributed by atoms with Gasteiger partial charge in [0.1, 0.15) is 6.04 Å². The largest absolute Gasteiger partial charge is 0.377 e. The Bertz CT molecular complexity index is 1180. The number of benzene rings is 2. The van der Waals surface area contributed by atoms with Crippen molar-refractivity contribution in [2.75, 3.05) is 30.8 Å². The summed E-state index contributed by atoms with van der Waals surface area (Å²) in [6.07, 6.45) is 3.34. The van der Waals surface area contributed by atoms with Crippen molar-refractivity contribution in [2.24, 2.45) is 0 Å². The highest BCUT2D eigenvalue weighted by atomic mass is 35.5. The van der Waals surface area contributed by atoms with Crippen molar-refractivity contribution in [1.82, 2.24) is 5.32 Å². The molecule has 10 heteroatoms. The van der Waals surface area contributed by atoms with E-state index in [0.717, 1.165) is 28.7 Å². The molecule has 0 fully saturated rings. The molecule has 4 rings (SSSR count). The summed E-state index contributed by atoms with van der Waals surface area (Å²) in [7, 11) is -3.30. The van der Waals surface area contributed by atoms with Crippen LogP contribution in [0, 0.1) is 0 Å². The Morgan fingerprint density at radius 3 is 2.55 bits per heavy atom. The van der Waals surface area contributed by atoms with E-state index in [1.165, 1.54) is 0 Å². The fourth-order valence-electron chi connectivity index (χ4n) is 4.06. The predicted octanol–water partition coefficient (Wildman–Crippen LogP) is 4.84. The maximum absolute atomic E-state index is 13.1. The number of hydrogen-bond donors (Lipinski definition) is 2. The molecule has 33 heavy (non-hydrogen) atoms. The van der Waals surface area contributed by atoms with Gasteiger partial charge in [0.25, 0.3) is 0 Å². The van der Waals surface area contributed by atoms with E-state index in [9.17, 15) is 13.2 Å². The molecule has 1 amide bonds. The van der Waals surface area contributed by atoms with Gasteiger partial charge >= 0.3 is 0 Å². The van der Waals surface area contributed by atoms with Crippen molar-refractivity contribution in [2.45, 2.75) is 30.7 Å². The molecule has 0 saturated carbocycles. The summed E-state index contributed by atoms with van der Waals surface area (Å²) < 4.78 is 29.8. The molecule has 0 spiro atoms. The number of nitrogens with one attached hydrogen (secondary N) is 2. The number of ether oxygens (including phenoxy) is 1. The lowest BCUT2D eigenvalue weighted by Gasteiger charge is -2.27. The van der Waals surface area contributed by atoms with Crippen molar-refractivity contribution in [3.05, 3.63) is 63.1 Å². The van der Waals surface area contributed by atoms with E-state index in [2.05, 4.69) is 10.6 Å². The van der Waals surface area contributed by atoms with Gasteiger partial charge < -0.3 is 15.4 Å². The monoisotopic (exact) mass is 530 g/mol. The van der Waals surface area contributed by atoms with Crippen molar-refractivity contribution in [3.63, 3.8) is 0 Å². The van der Waals surface area contributed by atoms with E-state index in [1.807, 2.05) is 6.08 Å². The summed E-state index contributed by atoms with van der Waals surface area (Å²) in [5.41, 5.74) is 3.92. The Hall–Kier alpha value is -1.61. The van der Waals surface area contributed by atoms with Gasteiger partial charge in [-0.2, -0.15) is 0 Å². The summed E-state index contributed by atoms with van der Waals surface area (Å²) in [5, 5.41) is 7.03. The van der Waals surface area contributed by atoms with Gasteiger partial charge in [-0.15, -0.1) is 12.4 Å².